The lowest BCUT2D eigenvalue weighted by Crippen LogP contribution is -2.21. The van der Waals surface area contributed by atoms with Crippen molar-refractivity contribution >= 4 is 29.1 Å². The number of nitrogens with zero attached hydrogens (tertiary/aromatic N) is 6. The molecular weight excluding hydrogens is 458 g/mol. The number of hydrogen-bond acceptors (Lipinski definition) is 8. The molecule has 0 spiro atoms. The standard InChI is InChI=1S/C10H7NO3.C9H11F2N7S/c12-10(13)8-9(14-6-11-8)7-4-2-1-3-5-7;1-9(10,11)5-4-19-7(15-5)3-18-14-2-6(17-18)16-8(12)13/h1-6H,(H,12,13);2,4H,3H2,1H3,(H4,12,13,16,17). The van der Waals surface area contributed by atoms with Gasteiger partial charge in [-0.1, -0.05) is 30.3 Å². The summed E-state index contributed by atoms with van der Waals surface area (Å²) in [5.41, 5.74) is 10.8. The fourth-order valence-electron chi connectivity index (χ4n) is 2.45. The van der Waals surface area contributed by atoms with Crippen LogP contribution in [0.4, 0.5) is 14.6 Å². The van der Waals surface area contributed by atoms with Crippen molar-refractivity contribution in [3.8, 4) is 11.3 Å². The summed E-state index contributed by atoms with van der Waals surface area (Å²) < 4.78 is 31.0. The van der Waals surface area contributed by atoms with E-state index in [-0.39, 0.29) is 35.5 Å². The SMILES string of the molecule is CC(F)(F)c1csc(Cn2ncc(N=C(N)N)n2)n1.O=C(O)c1ncoc1-c1ccccc1. The lowest BCUT2D eigenvalue weighted by atomic mass is 10.1. The van der Waals surface area contributed by atoms with Gasteiger partial charge in [-0.15, -0.1) is 16.4 Å². The van der Waals surface area contributed by atoms with E-state index in [2.05, 4.69) is 25.2 Å². The predicted octanol–water partition coefficient (Wildman–Crippen LogP) is 2.84. The Morgan fingerprint density at radius 2 is 2.03 bits per heavy atom. The van der Waals surface area contributed by atoms with Crippen LogP contribution in [0.2, 0.25) is 0 Å². The van der Waals surface area contributed by atoms with Crippen molar-refractivity contribution in [1.29, 1.82) is 0 Å². The summed E-state index contributed by atoms with van der Waals surface area (Å²) in [7, 11) is 0. The van der Waals surface area contributed by atoms with Gasteiger partial charge >= 0.3 is 5.97 Å². The smallest absolute Gasteiger partial charge is 0.358 e. The van der Waals surface area contributed by atoms with Crippen LogP contribution in [-0.2, 0) is 12.5 Å². The van der Waals surface area contributed by atoms with Gasteiger partial charge in [-0.3, -0.25) is 0 Å². The highest BCUT2D eigenvalue weighted by molar-refractivity contribution is 7.09. The van der Waals surface area contributed by atoms with Crippen molar-refractivity contribution in [2.75, 3.05) is 0 Å². The molecule has 4 rings (SSSR count). The maximum Gasteiger partial charge on any atom is 0.358 e. The van der Waals surface area contributed by atoms with Gasteiger partial charge in [0.2, 0.25) is 0 Å². The Kier molecular flexibility index (Phi) is 7.07. The second-order valence-corrected chi connectivity index (χ2v) is 7.43. The van der Waals surface area contributed by atoms with Crippen LogP contribution in [0.5, 0.6) is 0 Å². The van der Waals surface area contributed by atoms with Gasteiger partial charge in [-0.25, -0.2) is 14.8 Å². The number of alkyl halides is 2. The Hall–Kier alpha value is -4.20. The number of nitrogens with two attached hydrogens (primary N) is 2. The van der Waals surface area contributed by atoms with Gasteiger partial charge in [0, 0.05) is 17.9 Å². The number of aliphatic imine (C=N–C) groups is 1. The first-order valence-electron chi connectivity index (χ1n) is 9.18. The number of oxazole rings is 1. The fourth-order valence-corrected chi connectivity index (χ4v) is 3.30. The fraction of sp³-hybridized carbons (Fsp3) is 0.158. The van der Waals surface area contributed by atoms with Crippen LogP contribution in [0.1, 0.15) is 28.1 Å². The minimum Gasteiger partial charge on any atom is -0.476 e. The molecule has 11 nitrogen and oxygen atoms in total. The first kappa shape index (κ1) is 23.5. The average Bonchev–Trinajstić information content (AvgIpc) is 3.49. The molecule has 0 amide bonds. The van der Waals surface area contributed by atoms with Gasteiger partial charge < -0.3 is 21.0 Å². The minimum atomic E-state index is -2.95. The summed E-state index contributed by atoms with van der Waals surface area (Å²) in [6.45, 7) is 0.982. The third-order valence-corrected chi connectivity index (χ3v) is 4.69. The van der Waals surface area contributed by atoms with Gasteiger partial charge in [0.05, 0.1) is 6.20 Å². The van der Waals surface area contributed by atoms with Crippen molar-refractivity contribution in [1.82, 2.24) is 25.0 Å². The zero-order valence-electron chi connectivity index (χ0n) is 17.1. The molecule has 0 aliphatic heterocycles. The van der Waals surface area contributed by atoms with Crippen molar-refractivity contribution in [2.24, 2.45) is 16.5 Å². The molecule has 0 aliphatic carbocycles. The number of guanidine groups is 1. The van der Waals surface area contributed by atoms with Crippen LogP contribution in [0, 0.1) is 0 Å². The van der Waals surface area contributed by atoms with Crippen LogP contribution in [0.15, 0.2) is 57.7 Å². The molecule has 1 aromatic carbocycles. The normalized spacial score (nSPS) is 10.9. The van der Waals surface area contributed by atoms with E-state index in [1.54, 1.807) is 12.1 Å². The van der Waals surface area contributed by atoms with Crippen molar-refractivity contribution in [3.63, 3.8) is 0 Å². The van der Waals surface area contributed by atoms with Crippen LogP contribution in [-0.4, -0.2) is 42.0 Å². The number of carboxylic acid groups (broad SMARTS) is 1. The largest absolute Gasteiger partial charge is 0.476 e. The summed E-state index contributed by atoms with van der Waals surface area (Å²) in [6, 6.07) is 9.01. The topological polar surface area (TPSA) is 171 Å². The Morgan fingerprint density at radius 3 is 2.64 bits per heavy atom. The lowest BCUT2D eigenvalue weighted by molar-refractivity contribution is 0.0132. The van der Waals surface area contributed by atoms with Crippen molar-refractivity contribution < 1.29 is 23.1 Å². The van der Waals surface area contributed by atoms with E-state index in [0.29, 0.717) is 10.6 Å². The van der Waals surface area contributed by atoms with E-state index in [9.17, 15) is 13.6 Å². The first-order chi connectivity index (χ1) is 15.6. The molecule has 0 unspecified atom stereocenters. The molecule has 172 valence electrons. The Balaban J connectivity index is 0.000000194. The van der Waals surface area contributed by atoms with E-state index in [1.165, 1.54) is 16.4 Å². The van der Waals surface area contributed by atoms with Crippen LogP contribution < -0.4 is 11.5 Å². The summed E-state index contributed by atoms with van der Waals surface area (Å²) in [5.74, 6) is -3.63. The summed E-state index contributed by atoms with van der Waals surface area (Å²) in [4.78, 5) is 23.2. The zero-order valence-corrected chi connectivity index (χ0v) is 17.9. The Bertz CT molecular complexity index is 1240. The number of thiazole rings is 1. The second kappa shape index (κ2) is 9.95. The molecule has 5 N–H and O–H groups in total. The molecule has 0 aliphatic rings. The molecule has 0 saturated heterocycles. The molecule has 14 heteroatoms. The summed E-state index contributed by atoms with van der Waals surface area (Å²) >= 11 is 1.12. The highest BCUT2D eigenvalue weighted by Crippen LogP contribution is 2.28. The van der Waals surface area contributed by atoms with Crippen molar-refractivity contribution in [3.05, 3.63) is 64.7 Å². The number of halogens is 2. The van der Waals surface area contributed by atoms with Gasteiger partial charge in [-0.2, -0.15) is 23.7 Å². The Morgan fingerprint density at radius 1 is 1.30 bits per heavy atom. The van der Waals surface area contributed by atoms with Gasteiger partial charge in [0.1, 0.15) is 17.2 Å². The van der Waals surface area contributed by atoms with Crippen LogP contribution >= 0.6 is 11.3 Å². The molecule has 0 bridgehead atoms. The van der Waals surface area contributed by atoms with Gasteiger partial charge in [0.15, 0.2) is 29.6 Å². The third-order valence-electron chi connectivity index (χ3n) is 3.85. The Labute approximate surface area is 189 Å². The zero-order chi connectivity index (χ0) is 24.0. The highest BCUT2D eigenvalue weighted by atomic mass is 32.1. The van der Waals surface area contributed by atoms with Crippen LogP contribution in [0.3, 0.4) is 0 Å². The molecule has 0 saturated carbocycles. The first-order valence-corrected chi connectivity index (χ1v) is 10.1. The molecular formula is C19H18F2N8O3S. The molecule has 0 fully saturated rings. The maximum absolute atomic E-state index is 13.0. The van der Waals surface area contributed by atoms with Crippen molar-refractivity contribution in [2.45, 2.75) is 19.4 Å². The number of rotatable bonds is 6. The summed E-state index contributed by atoms with van der Waals surface area (Å²) in [5, 5.41) is 18.4. The minimum absolute atomic E-state index is 0.0591. The average molecular weight is 476 g/mol. The molecule has 3 heterocycles. The maximum atomic E-state index is 13.0. The number of carboxylic acids is 1. The molecule has 4 aromatic rings. The lowest BCUT2D eigenvalue weighted by Gasteiger charge is -2.04. The predicted molar refractivity (Wildman–Crippen MR) is 115 cm³/mol. The molecule has 3 aromatic heterocycles. The van der Waals surface area contributed by atoms with Gasteiger partial charge in [0.25, 0.3) is 5.92 Å². The molecule has 0 radical (unpaired) electrons. The third kappa shape index (κ3) is 6.39. The van der Waals surface area contributed by atoms with E-state index in [1.807, 2.05) is 18.2 Å². The molecule has 33 heavy (non-hydrogen) atoms. The number of hydrogen-bond donors (Lipinski definition) is 3. The van der Waals surface area contributed by atoms with E-state index in [0.717, 1.165) is 24.7 Å². The molecule has 0 atom stereocenters. The van der Waals surface area contributed by atoms with E-state index < -0.39 is 11.9 Å². The summed E-state index contributed by atoms with van der Waals surface area (Å²) in [6.07, 6.45) is 2.49. The number of aromatic nitrogens is 5. The quantitative estimate of drug-likeness (QED) is 0.279. The second-order valence-electron chi connectivity index (χ2n) is 6.49. The highest BCUT2D eigenvalue weighted by Gasteiger charge is 2.27. The van der Waals surface area contributed by atoms with E-state index >= 15 is 0 Å². The van der Waals surface area contributed by atoms with Gasteiger partial charge in [-0.05, 0) is 0 Å². The van der Waals surface area contributed by atoms with E-state index in [4.69, 9.17) is 21.0 Å². The number of carbonyl (C=O) groups is 1. The number of benzene rings is 1. The van der Waals surface area contributed by atoms with Crippen LogP contribution in [0.25, 0.3) is 11.3 Å². The monoisotopic (exact) mass is 476 g/mol. The number of aromatic carboxylic acids is 1.